The summed E-state index contributed by atoms with van der Waals surface area (Å²) in [7, 11) is 0. The van der Waals surface area contributed by atoms with Gasteiger partial charge in [0.2, 0.25) is 5.91 Å². The van der Waals surface area contributed by atoms with Crippen LogP contribution >= 0.6 is 23.6 Å². The highest BCUT2D eigenvalue weighted by atomic mass is 32.1. The minimum absolute atomic E-state index is 0.0176. The second kappa shape index (κ2) is 11.3. The molecule has 8 heteroatoms. The highest BCUT2D eigenvalue weighted by Gasteiger charge is 2.43. The predicted molar refractivity (Wildman–Crippen MR) is 139 cm³/mol. The number of ether oxygens (including phenoxy) is 1. The van der Waals surface area contributed by atoms with Gasteiger partial charge in [-0.15, -0.1) is 11.3 Å². The molecule has 1 atom stereocenters. The molecule has 1 aliphatic rings. The van der Waals surface area contributed by atoms with E-state index < -0.39 is 6.04 Å². The van der Waals surface area contributed by atoms with Crippen LogP contribution < -0.4 is 10.1 Å². The van der Waals surface area contributed by atoms with Gasteiger partial charge in [-0.1, -0.05) is 43.3 Å². The van der Waals surface area contributed by atoms with Gasteiger partial charge in [-0.3, -0.25) is 14.5 Å². The zero-order valence-electron chi connectivity index (χ0n) is 19.0. The number of benzene rings is 2. The van der Waals surface area contributed by atoms with Gasteiger partial charge in [0.1, 0.15) is 11.8 Å². The predicted octanol–water partition coefficient (Wildman–Crippen LogP) is 5.06. The zero-order valence-corrected chi connectivity index (χ0v) is 20.6. The molecule has 1 N–H and O–H groups in total. The van der Waals surface area contributed by atoms with E-state index in [9.17, 15) is 9.59 Å². The maximum Gasteiger partial charge on any atom is 0.252 e. The Morgan fingerprint density at radius 3 is 2.50 bits per heavy atom. The Hall–Kier alpha value is -3.23. The summed E-state index contributed by atoms with van der Waals surface area (Å²) < 4.78 is 5.59. The minimum Gasteiger partial charge on any atom is -0.494 e. The molecule has 0 saturated carbocycles. The van der Waals surface area contributed by atoms with E-state index in [2.05, 4.69) is 5.32 Å². The Labute approximate surface area is 209 Å². The van der Waals surface area contributed by atoms with E-state index in [4.69, 9.17) is 17.0 Å². The van der Waals surface area contributed by atoms with Gasteiger partial charge < -0.3 is 15.0 Å². The lowest BCUT2D eigenvalue weighted by Gasteiger charge is -2.23. The molecular formula is C26H27N3O3S2. The third kappa shape index (κ3) is 5.81. The second-order valence-corrected chi connectivity index (χ2v) is 9.44. The molecule has 0 bridgehead atoms. The van der Waals surface area contributed by atoms with Crippen LogP contribution in [0.25, 0.3) is 0 Å². The number of thiocarbonyl (C=S) groups is 1. The third-order valence-corrected chi connectivity index (χ3v) is 6.80. The molecule has 0 aliphatic carbocycles. The molecule has 34 heavy (non-hydrogen) atoms. The summed E-state index contributed by atoms with van der Waals surface area (Å²) >= 11 is 7.32. The fourth-order valence-electron chi connectivity index (χ4n) is 3.80. The van der Waals surface area contributed by atoms with Gasteiger partial charge >= 0.3 is 0 Å². The number of anilines is 1. The Morgan fingerprint density at radius 2 is 1.82 bits per heavy atom. The number of nitrogens with one attached hydrogen (secondary N) is 1. The first-order valence-electron chi connectivity index (χ1n) is 11.3. The van der Waals surface area contributed by atoms with E-state index in [1.54, 1.807) is 28.4 Å². The summed E-state index contributed by atoms with van der Waals surface area (Å²) in [6.07, 6.45) is 0.947. The molecule has 1 aliphatic heterocycles. The molecule has 3 aromatic rings. The third-order valence-electron chi connectivity index (χ3n) is 5.48. The fourth-order valence-corrected chi connectivity index (χ4v) is 4.84. The molecule has 2 amide bonds. The normalized spacial score (nSPS) is 15.6. The number of nitrogens with zero attached hydrogens (tertiary/aromatic N) is 2. The SMILES string of the molecule is CCCOc1ccc(NC(=O)CC2C(=O)N(Cc3ccccc3)C(=S)N2Cc2cccs2)cc1. The molecule has 1 unspecified atom stereocenters. The van der Waals surface area contributed by atoms with Gasteiger partial charge in [-0.2, -0.15) is 0 Å². The number of carbonyl (C=O) groups is 2. The van der Waals surface area contributed by atoms with Crippen molar-refractivity contribution < 1.29 is 14.3 Å². The lowest BCUT2D eigenvalue weighted by Crippen LogP contribution is -2.37. The van der Waals surface area contributed by atoms with Crippen molar-refractivity contribution in [2.75, 3.05) is 11.9 Å². The Kier molecular flexibility index (Phi) is 7.92. The van der Waals surface area contributed by atoms with E-state index in [1.807, 2.05) is 71.8 Å². The van der Waals surface area contributed by atoms with E-state index in [1.165, 1.54) is 0 Å². The van der Waals surface area contributed by atoms with Gasteiger partial charge in [0.15, 0.2) is 5.11 Å². The van der Waals surface area contributed by atoms with Gasteiger partial charge in [0, 0.05) is 10.6 Å². The molecule has 2 heterocycles. The summed E-state index contributed by atoms with van der Waals surface area (Å²) in [5.74, 6) is 0.375. The van der Waals surface area contributed by atoms with E-state index >= 15 is 0 Å². The second-order valence-electron chi connectivity index (χ2n) is 8.04. The maximum atomic E-state index is 13.4. The van der Waals surface area contributed by atoms with Crippen LogP contribution in [0.15, 0.2) is 72.1 Å². The molecule has 0 spiro atoms. The molecule has 0 radical (unpaired) electrons. The van der Waals surface area contributed by atoms with Crippen molar-refractivity contribution in [1.29, 1.82) is 0 Å². The summed E-state index contributed by atoms with van der Waals surface area (Å²) in [5, 5.41) is 5.35. The Balaban J connectivity index is 1.47. The number of carbonyl (C=O) groups excluding carboxylic acids is 2. The quantitative estimate of drug-likeness (QED) is 0.400. The smallest absolute Gasteiger partial charge is 0.252 e. The Morgan fingerprint density at radius 1 is 1.06 bits per heavy atom. The topological polar surface area (TPSA) is 61.9 Å². The number of amides is 2. The van der Waals surface area contributed by atoms with Crippen LogP contribution in [-0.4, -0.2) is 39.4 Å². The molecule has 4 rings (SSSR count). The lowest BCUT2D eigenvalue weighted by atomic mass is 10.1. The average Bonchev–Trinajstić information content (AvgIpc) is 3.44. The zero-order chi connectivity index (χ0) is 23.9. The van der Waals surface area contributed by atoms with Crippen LogP contribution in [0.1, 0.15) is 30.2 Å². The van der Waals surface area contributed by atoms with Crippen molar-refractivity contribution in [1.82, 2.24) is 9.80 Å². The van der Waals surface area contributed by atoms with Gasteiger partial charge in [-0.05, 0) is 59.9 Å². The first kappa shape index (κ1) is 23.9. The average molecular weight is 494 g/mol. The van der Waals surface area contributed by atoms with E-state index in [0.29, 0.717) is 30.5 Å². The van der Waals surface area contributed by atoms with Gasteiger partial charge in [-0.25, -0.2) is 0 Å². The van der Waals surface area contributed by atoms with Crippen molar-refractivity contribution in [2.24, 2.45) is 0 Å². The van der Waals surface area contributed by atoms with Crippen LogP contribution in [0.5, 0.6) is 5.75 Å². The van der Waals surface area contributed by atoms with Crippen LogP contribution in [0.3, 0.4) is 0 Å². The molecule has 2 aromatic carbocycles. The molecule has 6 nitrogen and oxygen atoms in total. The van der Waals surface area contributed by atoms with Gasteiger partial charge in [0.25, 0.3) is 5.91 Å². The van der Waals surface area contributed by atoms with Crippen LogP contribution in [0.2, 0.25) is 0 Å². The number of hydrogen-bond donors (Lipinski definition) is 1. The monoisotopic (exact) mass is 493 g/mol. The number of hydrogen-bond acceptors (Lipinski definition) is 5. The summed E-state index contributed by atoms with van der Waals surface area (Å²) in [6, 6.07) is 20.3. The molecule has 1 aromatic heterocycles. The summed E-state index contributed by atoms with van der Waals surface area (Å²) in [4.78, 5) is 30.9. The molecule has 1 saturated heterocycles. The van der Waals surface area contributed by atoms with E-state index in [0.717, 1.165) is 22.6 Å². The standard InChI is InChI=1S/C26H27N3O3S2/c1-2-14-32-21-12-10-20(11-13-21)27-24(30)16-23-25(31)29(17-19-7-4-3-5-8-19)26(33)28(23)18-22-9-6-15-34-22/h3-13,15,23H,2,14,16-18H2,1H3,(H,27,30). The fraction of sp³-hybridized carbons (Fsp3) is 0.269. The maximum absolute atomic E-state index is 13.4. The van der Waals surface area contributed by atoms with Crippen LogP contribution in [0.4, 0.5) is 5.69 Å². The van der Waals surface area contributed by atoms with E-state index in [-0.39, 0.29) is 18.2 Å². The van der Waals surface area contributed by atoms with Crippen LogP contribution in [-0.2, 0) is 22.7 Å². The first-order chi connectivity index (χ1) is 16.5. The van der Waals surface area contributed by atoms with Gasteiger partial charge in [0.05, 0.1) is 26.1 Å². The summed E-state index contributed by atoms with van der Waals surface area (Å²) in [5.41, 5.74) is 1.65. The molecule has 176 valence electrons. The van der Waals surface area contributed by atoms with Crippen molar-refractivity contribution in [3.05, 3.63) is 82.6 Å². The largest absolute Gasteiger partial charge is 0.494 e. The lowest BCUT2D eigenvalue weighted by molar-refractivity contribution is -0.131. The highest BCUT2D eigenvalue weighted by molar-refractivity contribution is 7.80. The van der Waals surface area contributed by atoms with Crippen LogP contribution in [0, 0.1) is 0 Å². The Bertz CT molecular complexity index is 1120. The highest BCUT2D eigenvalue weighted by Crippen LogP contribution is 2.27. The number of thiophene rings is 1. The van der Waals surface area contributed by atoms with Crippen molar-refractivity contribution >= 4 is 46.2 Å². The number of rotatable bonds is 10. The molecule has 1 fully saturated rings. The van der Waals surface area contributed by atoms with Crippen molar-refractivity contribution in [2.45, 2.75) is 38.9 Å². The minimum atomic E-state index is -0.648. The molecular weight excluding hydrogens is 466 g/mol. The van der Waals surface area contributed by atoms with Crippen molar-refractivity contribution in [3.8, 4) is 5.75 Å². The summed E-state index contributed by atoms with van der Waals surface area (Å²) in [6.45, 7) is 3.58. The first-order valence-corrected chi connectivity index (χ1v) is 12.5. The van der Waals surface area contributed by atoms with Crippen molar-refractivity contribution in [3.63, 3.8) is 0 Å².